The first-order chi connectivity index (χ1) is 10.3. The number of nitrogen functional groups attached to an aromatic ring is 1. The highest BCUT2D eigenvalue weighted by atomic mass is 32.2. The van der Waals surface area contributed by atoms with Crippen LogP contribution in [0.15, 0.2) is 46.1 Å². The minimum atomic E-state index is -3.98. The minimum absolute atomic E-state index is 0.0558. The number of aromatic nitrogens is 2. The van der Waals surface area contributed by atoms with Crippen LogP contribution in [0.3, 0.4) is 0 Å². The van der Waals surface area contributed by atoms with Crippen LogP contribution in [0.2, 0.25) is 0 Å². The summed E-state index contributed by atoms with van der Waals surface area (Å²) in [6, 6.07) is 9.49. The van der Waals surface area contributed by atoms with Gasteiger partial charge >= 0.3 is 5.69 Å². The lowest BCUT2D eigenvalue weighted by atomic mass is 10.2. The van der Waals surface area contributed by atoms with Gasteiger partial charge in [-0.3, -0.25) is 0 Å². The molecule has 0 aliphatic carbocycles. The molecule has 0 radical (unpaired) electrons. The molecule has 2 aromatic carbocycles. The van der Waals surface area contributed by atoms with E-state index in [4.69, 9.17) is 5.73 Å². The lowest BCUT2D eigenvalue weighted by molar-refractivity contribution is 0.587. The Hall–Kier alpha value is -2.54. The zero-order valence-corrected chi connectivity index (χ0v) is 12.9. The van der Waals surface area contributed by atoms with Gasteiger partial charge in [-0.1, -0.05) is 17.7 Å². The van der Waals surface area contributed by atoms with Gasteiger partial charge in [-0.15, -0.1) is 0 Å². The molecule has 0 unspecified atom stereocenters. The molecular weight excluding hydrogens is 302 g/mol. The highest BCUT2D eigenvalue weighted by Crippen LogP contribution is 2.22. The fourth-order valence-electron chi connectivity index (χ4n) is 2.31. The third kappa shape index (κ3) is 2.10. The van der Waals surface area contributed by atoms with Crippen molar-refractivity contribution in [1.82, 2.24) is 8.96 Å². The van der Waals surface area contributed by atoms with Crippen LogP contribution in [0.4, 0.5) is 5.69 Å². The first-order valence-electron chi connectivity index (χ1n) is 6.64. The maximum atomic E-state index is 12.7. The summed E-state index contributed by atoms with van der Waals surface area (Å²) in [7, 11) is -3.98. The molecule has 0 atom stereocenters. The Morgan fingerprint density at radius 1 is 1.09 bits per heavy atom. The van der Waals surface area contributed by atoms with E-state index in [0.29, 0.717) is 11.2 Å². The number of aromatic amines is 1. The van der Waals surface area contributed by atoms with Crippen LogP contribution >= 0.6 is 0 Å². The zero-order valence-electron chi connectivity index (χ0n) is 12.1. The van der Waals surface area contributed by atoms with Gasteiger partial charge in [-0.05, 0) is 43.7 Å². The molecule has 22 heavy (non-hydrogen) atoms. The number of nitrogens with one attached hydrogen (secondary N) is 1. The van der Waals surface area contributed by atoms with Gasteiger partial charge in [-0.2, -0.15) is 3.97 Å². The van der Waals surface area contributed by atoms with Crippen LogP contribution in [0.25, 0.3) is 11.0 Å². The van der Waals surface area contributed by atoms with Gasteiger partial charge in [0.15, 0.2) is 0 Å². The van der Waals surface area contributed by atoms with Gasteiger partial charge in [0.05, 0.1) is 15.9 Å². The van der Waals surface area contributed by atoms with Gasteiger partial charge < -0.3 is 10.7 Å². The van der Waals surface area contributed by atoms with E-state index in [2.05, 4.69) is 4.98 Å². The monoisotopic (exact) mass is 317 g/mol. The van der Waals surface area contributed by atoms with Crippen LogP contribution in [0.1, 0.15) is 11.1 Å². The predicted molar refractivity (Wildman–Crippen MR) is 85.5 cm³/mol. The number of imidazole rings is 1. The molecule has 6 nitrogen and oxygen atoms in total. The SMILES string of the molecule is Cc1ccc(S(=O)(=O)n2c(=O)[nH]c3cc(C)c(N)cc32)cc1. The molecule has 0 saturated carbocycles. The van der Waals surface area contributed by atoms with Crippen molar-refractivity contribution in [3.8, 4) is 0 Å². The largest absolute Gasteiger partial charge is 0.398 e. The van der Waals surface area contributed by atoms with Gasteiger partial charge in [0.25, 0.3) is 10.0 Å². The minimum Gasteiger partial charge on any atom is -0.398 e. The summed E-state index contributed by atoms with van der Waals surface area (Å²) in [5.74, 6) is 0. The van der Waals surface area contributed by atoms with Crippen LogP contribution in [0, 0.1) is 13.8 Å². The number of rotatable bonds is 2. The quantitative estimate of drug-likeness (QED) is 0.704. The number of nitrogens with zero attached hydrogens (tertiary/aromatic N) is 1. The maximum absolute atomic E-state index is 12.7. The molecule has 3 aromatic rings. The maximum Gasteiger partial charge on any atom is 0.340 e. The number of aryl methyl sites for hydroxylation is 2. The molecule has 7 heteroatoms. The van der Waals surface area contributed by atoms with Crippen molar-refractivity contribution in [2.45, 2.75) is 18.7 Å². The Balaban J connectivity index is 2.34. The Labute approximate surface area is 127 Å². The molecule has 1 aromatic heterocycles. The highest BCUT2D eigenvalue weighted by Gasteiger charge is 2.23. The van der Waals surface area contributed by atoms with Crippen molar-refractivity contribution >= 4 is 26.7 Å². The van der Waals surface area contributed by atoms with E-state index in [0.717, 1.165) is 15.1 Å². The average molecular weight is 317 g/mol. The summed E-state index contributed by atoms with van der Waals surface area (Å²) in [5.41, 5.74) is 7.95. The number of hydrogen-bond donors (Lipinski definition) is 2. The molecule has 0 aliphatic rings. The van der Waals surface area contributed by atoms with Crippen molar-refractivity contribution in [3.05, 3.63) is 58.0 Å². The molecule has 3 N–H and O–H groups in total. The van der Waals surface area contributed by atoms with Gasteiger partial charge in [-0.25, -0.2) is 13.2 Å². The lowest BCUT2D eigenvalue weighted by Gasteiger charge is -2.07. The van der Waals surface area contributed by atoms with E-state index in [1.165, 1.54) is 18.2 Å². The summed E-state index contributed by atoms with van der Waals surface area (Å²) in [5, 5.41) is 0. The van der Waals surface area contributed by atoms with E-state index in [1.807, 2.05) is 6.92 Å². The van der Waals surface area contributed by atoms with Crippen LogP contribution < -0.4 is 11.4 Å². The molecule has 0 fully saturated rings. The number of H-pyrrole nitrogens is 1. The van der Waals surface area contributed by atoms with Crippen LogP contribution in [0.5, 0.6) is 0 Å². The molecule has 0 saturated heterocycles. The molecule has 0 bridgehead atoms. The zero-order chi connectivity index (χ0) is 16.1. The van der Waals surface area contributed by atoms with Crippen LogP contribution in [-0.4, -0.2) is 17.4 Å². The highest BCUT2D eigenvalue weighted by molar-refractivity contribution is 7.90. The third-order valence-electron chi connectivity index (χ3n) is 3.59. The molecule has 0 aliphatic heterocycles. The fraction of sp³-hybridized carbons (Fsp3) is 0.133. The number of fused-ring (bicyclic) bond motifs is 1. The topological polar surface area (TPSA) is 98.0 Å². The Bertz CT molecular complexity index is 1030. The van der Waals surface area contributed by atoms with Gasteiger partial charge in [0.2, 0.25) is 0 Å². The molecule has 0 spiro atoms. The average Bonchev–Trinajstić information content (AvgIpc) is 2.75. The van der Waals surface area contributed by atoms with E-state index in [-0.39, 0.29) is 10.4 Å². The Morgan fingerprint density at radius 2 is 1.73 bits per heavy atom. The number of nitrogens with two attached hydrogens (primary N) is 1. The van der Waals surface area contributed by atoms with Crippen LogP contribution in [-0.2, 0) is 10.0 Å². The van der Waals surface area contributed by atoms with E-state index >= 15 is 0 Å². The molecular formula is C15H15N3O3S. The molecule has 1 heterocycles. The van der Waals surface area contributed by atoms with E-state index < -0.39 is 15.7 Å². The standard InChI is InChI=1S/C15H15N3O3S/c1-9-3-5-11(6-4-9)22(20,21)18-14-8-12(16)10(2)7-13(14)17-15(18)19/h3-8H,16H2,1-2H3,(H,17,19). The summed E-state index contributed by atoms with van der Waals surface area (Å²) < 4.78 is 26.2. The van der Waals surface area contributed by atoms with Crippen molar-refractivity contribution in [2.24, 2.45) is 0 Å². The molecule has 114 valence electrons. The molecule has 3 rings (SSSR count). The first kappa shape index (κ1) is 14.4. The molecule has 0 amide bonds. The fourth-order valence-corrected chi connectivity index (χ4v) is 3.68. The second-order valence-electron chi connectivity index (χ2n) is 5.24. The second-order valence-corrected chi connectivity index (χ2v) is 7.03. The van der Waals surface area contributed by atoms with Crippen molar-refractivity contribution in [3.63, 3.8) is 0 Å². The normalized spacial score (nSPS) is 11.9. The number of hydrogen-bond acceptors (Lipinski definition) is 4. The van der Waals surface area contributed by atoms with E-state index in [9.17, 15) is 13.2 Å². The predicted octanol–water partition coefficient (Wildman–Crippen LogP) is 1.77. The Morgan fingerprint density at radius 3 is 2.36 bits per heavy atom. The van der Waals surface area contributed by atoms with Gasteiger partial charge in [0.1, 0.15) is 0 Å². The van der Waals surface area contributed by atoms with Crippen molar-refractivity contribution in [1.29, 1.82) is 0 Å². The van der Waals surface area contributed by atoms with Crippen molar-refractivity contribution in [2.75, 3.05) is 5.73 Å². The second kappa shape index (κ2) is 4.74. The van der Waals surface area contributed by atoms with Crippen molar-refractivity contribution < 1.29 is 8.42 Å². The Kier molecular flexibility index (Phi) is 3.10. The van der Waals surface area contributed by atoms with Gasteiger partial charge in [0, 0.05) is 5.69 Å². The summed E-state index contributed by atoms with van der Waals surface area (Å²) in [6.45, 7) is 3.65. The smallest absolute Gasteiger partial charge is 0.340 e. The number of anilines is 1. The summed E-state index contributed by atoms with van der Waals surface area (Å²) in [4.78, 5) is 14.7. The first-order valence-corrected chi connectivity index (χ1v) is 8.08. The lowest BCUT2D eigenvalue weighted by Crippen LogP contribution is -2.25. The summed E-state index contributed by atoms with van der Waals surface area (Å²) >= 11 is 0. The van der Waals surface area contributed by atoms with E-state index in [1.54, 1.807) is 25.1 Å². The third-order valence-corrected chi connectivity index (χ3v) is 5.30. The number of benzene rings is 2. The summed E-state index contributed by atoms with van der Waals surface area (Å²) in [6.07, 6.45) is 0.